The van der Waals surface area contributed by atoms with Crippen LogP contribution in [0.3, 0.4) is 0 Å². The molecule has 5 heteroatoms. The predicted molar refractivity (Wildman–Crippen MR) is 115 cm³/mol. The minimum absolute atomic E-state index is 0.0529. The molecule has 156 valence electrons. The maximum Gasteiger partial charge on any atom is 0.344 e. The highest BCUT2D eigenvalue weighted by atomic mass is 16.6. The summed E-state index contributed by atoms with van der Waals surface area (Å²) in [6, 6.07) is 13.5. The van der Waals surface area contributed by atoms with Crippen LogP contribution in [0.15, 0.2) is 42.5 Å². The van der Waals surface area contributed by atoms with Gasteiger partial charge in [-0.2, -0.15) is 0 Å². The fraction of sp³-hybridized carbons (Fsp3) is 0.417. The summed E-state index contributed by atoms with van der Waals surface area (Å²) in [4.78, 5) is 24.1. The zero-order valence-electron chi connectivity index (χ0n) is 18.2. The number of hydrogen-bond donors (Lipinski definition) is 1. The van der Waals surface area contributed by atoms with Gasteiger partial charge >= 0.3 is 5.97 Å². The Hall–Kier alpha value is -2.82. The number of hydrogen-bond acceptors (Lipinski definition) is 4. The lowest BCUT2D eigenvalue weighted by atomic mass is 9.87. The summed E-state index contributed by atoms with van der Waals surface area (Å²) in [6.07, 6.45) is 0. The second kappa shape index (κ2) is 9.59. The van der Waals surface area contributed by atoms with Crippen LogP contribution in [0, 0.1) is 6.92 Å². The SMILES string of the molecule is Cc1cccc(C(C)C)c1NC(=O)COC(=O)COc1ccc(C(C)(C)C)cc1. The van der Waals surface area contributed by atoms with E-state index in [1.165, 1.54) is 5.56 Å². The van der Waals surface area contributed by atoms with Gasteiger partial charge in [0.1, 0.15) is 5.75 Å². The Labute approximate surface area is 173 Å². The van der Waals surface area contributed by atoms with Gasteiger partial charge in [-0.15, -0.1) is 0 Å². The quantitative estimate of drug-likeness (QED) is 0.670. The van der Waals surface area contributed by atoms with Gasteiger partial charge in [0.05, 0.1) is 0 Å². The fourth-order valence-corrected chi connectivity index (χ4v) is 2.90. The molecule has 2 rings (SSSR count). The first kappa shape index (κ1) is 22.5. The molecule has 0 aromatic heterocycles. The van der Waals surface area contributed by atoms with Crippen LogP contribution in [0.1, 0.15) is 57.2 Å². The maximum atomic E-state index is 12.2. The molecule has 0 bridgehead atoms. The van der Waals surface area contributed by atoms with Crippen molar-refractivity contribution in [3.8, 4) is 5.75 Å². The molecule has 0 heterocycles. The molecule has 0 unspecified atom stereocenters. The Morgan fingerprint density at radius 1 is 1.00 bits per heavy atom. The van der Waals surface area contributed by atoms with Gasteiger partial charge in [-0.05, 0) is 47.1 Å². The average molecular weight is 398 g/mol. The highest BCUT2D eigenvalue weighted by molar-refractivity contribution is 5.94. The largest absolute Gasteiger partial charge is 0.482 e. The molecule has 1 amide bonds. The number of carbonyl (C=O) groups is 2. The molecule has 1 N–H and O–H groups in total. The molecule has 0 atom stereocenters. The number of esters is 1. The van der Waals surface area contributed by atoms with E-state index in [0.717, 1.165) is 16.8 Å². The summed E-state index contributed by atoms with van der Waals surface area (Å²) in [5.74, 6) is -0.107. The predicted octanol–water partition coefficient (Wildman–Crippen LogP) is 4.98. The van der Waals surface area contributed by atoms with Gasteiger partial charge in [0.15, 0.2) is 13.2 Å². The number of para-hydroxylation sites is 1. The molecule has 5 nitrogen and oxygen atoms in total. The minimum atomic E-state index is -0.589. The second-order valence-electron chi connectivity index (χ2n) is 8.47. The topological polar surface area (TPSA) is 64.6 Å². The summed E-state index contributed by atoms with van der Waals surface area (Å²) in [7, 11) is 0. The van der Waals surface area contributed by atoms with Crippen LogP contribution in [-0.2, 0) is 19.7 Å². The molecule has 29 heavy (non-hydrogen) atoms. The van der Waals surface area contributed by atoms with E-state index in [0.29, 0.717) is 5.75 Å². The van der Waals surface area contributed by atoms with E-state index in [4.69, 9.17) is 9.47 Å². The van der Waals surface area contributed by atoms with Crippen LogP contribution >= 0.6 is 0 Å². The molecular formula is C24H31NO4. The monoisotopic (exact) mass is 397 g/mol. The number of nitrogens with one attached hydrogen (secondary N) is 1. The molecule has 0 radical (unpaired) electrons. The highest BCUT2D eigenvalue weighted by Gasteiger charge is 2.15. The Kier molecular flexibility index (Phi) is 7.43. The van der Waals surface area contributed by atoms with E-state index in [2.05, 4.69) is 39.9 Å². The number of ether oxygens (including phenoxy) is 2. The van der Waals surface area contributed by atoms with E-state index in [-0.39, 0.29) is 30.5 Å². The fourth-order valence-electron chi connectivity index (χ4n) is 2.90. The van der Waals surface area contributed by atoms with Crippen molar-refractivity contribution in [3.05, 3.63) is 59.2 Å². The number of rotatable bonds is 7. The van der Waals surface area contributed by atoms with E-state index in [9.17, 15) is 9.59 Å². The molecule has 2 aromatic rings. The van der Waals surface area contributed by atoms with Gasteiger partial charge in [-0.3, -0.25) is 4.79 Å². The Morgan fingerprint density at radius 3 is 2.24 bits per heavy atom. The van der Waals surface area contributed by atoms with Crippen molar-refractivity contribution in [2.24, 2.45) is 0 Å². The van der Waals surface area contributed by atoms with Crippen LogP contribution in [-0.4, -0.2) is 25.1 Å². The smallest absolute Gasteiger partial charge is 0.344 e. The van der Waals surface area contributed by atoms with Crippen molar-refractivity contribution in [2.75, 3.05) is 18.5 Å². The first-order chi connectivity index (χ1) is 13.6. The zero-order valence-corrected chi connectivity index (χ0v) is 18.2. The third kappa shape index (κ3) is 6.63. The molecule has 2 aromatic carbocycles. The number of benzene rings is 2. The minimum Gasteiger partial charge on any atom is -0.482 e. The molecule has 0 spiro atoms. The van der Waals surface area contributed by atoms with Crippen molar-refractivity contribution < 1.29 is 19.1 Å². The third-order valence-corrected chi connectivity index (χ3v) is 4.63. The summed E-state index contributed by atoms with van der Waals surface area (Å²) in [5.41, 5.74) is 4.03. The second-order valence-corrected chi connectivity index (χ2v) is 8.47. The summed E-state index contributed by atoms with van der Waals surface area (Å²) in [5, 5.41) is 2.85. The van der Waals surface area contributed by atoms with Gasteiger partial charge in [0.2, 0.25) is 0 Å². The van der Waals surface area contributed by atoms with E-state index in [1.807, 2.05) is 49.4 Å². The Balaban J connectivity index is 1.83. The van der Waals surface area contributed by atoms with Gasteiger partial charge in [0.25, 0.3) is 5.91 Å². The van der Waals surface area contributed by atoms with Crippen molar-refractivity contribution in [1.29, 1.82) is 0 Å². The van der Waals surface area contributed by atoms with Crippen molar-refractivity contribution in [3.63, 3.8) is 0 Å². The molecular weight excluding hydrogens is 366 g/mol. The number of anilines is 1. The van der Waals surface area contributed by atoms with Crippen molar-refractivity contribution in [2.45, 2.75) is 52.9 Å². The van der Waals surface area contributed by atoms with Gasteiger partial charge in [-0.25, -0.2) is 4.79 Å². The third-order valence-electron chi connectivity index (χ3n) is 4.63. The van der Waals surface area contributed by atoms with E-state index < -0.39 is 5.97 Å². The Bertz CT molecular complexity index is 848. The lowest BCUT2D eigenvalue weighted by Crippen LogP contribution is -2.24. The van der Waals surface area contributed by atoms with E-state index in [1.54, 1.807) is 0 Å². The molecule has 0 saturated carbocycles. The lowest BCUT2D eigenvalue weighted by Gasteiger charge is -2.19. The maximum absolute atomic E-state index is 12.2. The number of carbonyl (C=O) groups excluding carboxylic acids is 2. The summed E-state index contributed by atoms with van der Waals surface area (Å²) in [6.45, 7) is 11.9. The normalized spacial score (nSPS) is 11.3. The standard InChI is InChI=1S/C24H31NO4/c1-16(2)20-9-7-8-17(3)23(20)25-21(26)14-29-22(27)15-28-19-12-10-18(11-13-19)24(4,5)6/h7-13,16H,14-15H2,1-6H3,(H,25,26). The molecule has 0 saturated heterocycles. The molecule has 0 aliphatic heterocycles. The highest BCUT2D eigenvalue weighted by Crippen LogP contribution is 2.27. The van der Waals surface area contributed by atoms with Crippen molar-refractivity contribution in [1.82, 2.24) is 0 Å². The molecule has 0 aliphatic carbocycles. The lowest BCUT2D eigenvalue weighted by molar-refractivity contribution is -0.149. The number of amides is 1. The number of aryl methyl sites for hydroxylation is 1. The van der Waals surface area contributed by atoms with E-state index >= 15 is 0 Å². The van der Waals surface area contributed by atoms with Crippen LogP contribution in [0.25, 0.3) is 0 Å². The van der Waals surface area contributed by atoms with Crippen LogP contribution in [0.5, 0.6) is 5.75 Å². The first-order valence-corrected chi connectivity index (χ1v) is 9.86. The first-order valence-electron chi connectivity index (χ1n) is 9.86. The van der Waals surface area contributed by atoms with Gasteiger partial charge in [0, 0.05) is 5.69 Å². The van der Waals surface area contributed by atoms with Crippen LogP contribution in [0.2, 0.25) is 0 Å². The van der Waals surface area contributed by atoms with Crippen LogP contribution < -0.4 is 10.1 Å². The van der Waals surface area contributed by atoms with Gasteiger partial charge < -0.3 is 14.8 Å². The summed E-state index contributed by atoms with van der Waals surface area (Å²) >= 11 is 0. The van der Waals surface area contributed by atoms with Gasteiger partial charge in [-0.1, -0.05) is 65.0 Å². The van der Waals surface area contributed by atoms with Crippen molar-refractivity contribution >= 4 is 17.6 Å². The molecule has 0 fully saturated rings. The zero-order chi connectivity index (χ0) is 21.6. The Morgan fingerprint density at radius 2 is 1.66 bits per heavy atom. The van der Waals surface area contributed by atoms with Crippen LogP contribution in [0.4, 0.5) is 5.69 Å². The molecule has 0 aliphatic rings. The average Bonchev–Trinajstić information content (AvgIpc) is 2.65. The summed E-state index contributed by atoms with van der Waals surface area (Å²) < 4.78 is 10.5.